The maximum atomic E-state index is 12.9. The molecule has 1 aromatic rings. The van der Waals surface area contributed by atoms with Gasteiger partial charge in [-0.05, 0) is 25.0 Å². The zero-order valence-electron chi connectivity index (χ0n) is 8.30. The highest BCUT2D eigenvalue weighted by molar-refractivity contribution is 5.98. The molecule has 0 aliphatic heterocycles. The number of hydrogen-bond donors (Lipinski definition) is 0. The first kappa shape index (κ1) is 10.3. The molecule has 0 radical (unpaired) electrons. The molecule has 0 atom stereocenters. The Bertz CT molecular complexity index is 361. The SMILES string of the molecule is O=C(c1cc(F)cc(F)c1)C1CCCC1. The van der Waals surface area contributed by atoms with Gasteiger partial charge in [0, 0.05) is 17.5 Å². The molecular weight excluding hydrogens is 198 g/mol. The molecule has 1 aromatic carbocycles. The molecular formula is C12H12F2O. The van der Waals surface area contributed by atoms with Crippen molar-refractivity contribution in [2.24, 2.45) is 5.92 Å². The highest BCUT2D eigenvalue weighted by atomic mass is 19.1. The fraction of sp³-hybridized carbons (Fsp3) is 0.417. The monoisotopic (exact) mass is 210 g/mol. The third kappa shape index (κ3) is 2.22. The Hall–Kier alpha value is -1.25. The molecule has 1 aliphatic rings. The fourth-order valence-corrected chi connectivity index (χ4v) is 2.12. The van der Waals surface area contributed by atoms with Gasteiger partial charge >= 0.3 is 0 Å². The molecule has 15 heavy (non-hydrogen) atoms. The summed E-state index contributed by atoms with van der Waals surface area (Å²) in [4.78, 5) is 11.8. The van der Waals surface area contributed by atoms with Gasteiger partial charge in [0.2, 0.25) is 0 Å². The van der Waals surface area contributed by atoms with Crippen LogP contribution in [0.15, 0.2) is 18.2 Å². The molecule has 0 amide bonds. The van der Waals surface area contributed by atoms with E-state index in [4.69, 9.17) is 0 Å². The number of Topliss-reactive ketones (excluding diaryl/α,β-unsaturated/α-hetero) is 1. The van der Waals surface area contributed by atoms with Crippen molar-refractivity contribution in [1.82, 2.24) is 0 Å². The van der Waals surface area contributed by atoms with Crippen molar-refractivity contribution in [3.05, 3.63) is 35.4 Å². The van der Waals surface area contributed by atoms with Gasteiger partial charge in [0.1, 0.15) is 11.6 Å². The van der Waals surface area contributed by atoms with Gasteiger partial charge in [-0.2, -0.15) is 0 Å². The van der Waals surface area contributed by atoms with Crippen LogP contribution in [0.1, 0.15) is 36.0 Å². The lowest BCUT2D eigenvalue weighted by molar-refractivity contribution is 0.0922. The lowest BCUT2D eigenvalue weighted by Gasteiger charge is -2.07. The van der Waals surface area contributed by atoms with Crippen LogP contribution in [0.5, 0.6) is 0 Å². The summed E-state index contributed by atoms with van der Waals surface area (Å²) in [5.74, 6) is -1.52. The summed E-state index contributed by atoms with van der Waals surface area (Å²) in [5, 5.41) is 0. The number of carbonyl (C=O) groups is 1. The molecule has 1 aliphatic carbocycles. The van der Waals surface area contributed by atoms with Crippen molar-refractivity contribution in [1.29, 1.82) is 0 Å². The second-order valence-corrected chi connectivity index (χ2v) is 4.00. The molecule has 1 fully saturated rings. The van der Waals surface area contributed by atoms with Crippen LogP contribution in [0, 0.1) is 17.6 Å². The molecule has 0 N–H and O–H groups in total. The number of hydrogen-bond acceptors (Lipinski definition) is 1. The predicted molar refractivity (Wildman–Crippen MR) is 52.6 cm³/mol. The van der Waals surface area contributed by atoms with Gasteiger partial charge in [0.15, 0.2) is 5.78 Å². The van der Waals surface area contributed by atoms with Gasteiger partial charge in [-0.3, -0.25) is 4.79 Å². The van der Waals surface area contributed by atoms with E-state index in [1.165, 1.54) is 0 Å². The Balaban J connectivity index is 2.24. The molecule has 0 heterocycles. The minimum Gasteiger partial charge on any atom is -0.294 e. The number of benzene rings is 1. The molecule has 0 bridgehead atoms. The Labute approximate surface area is 87.1 Å². The van der Waals surface area contributed by atoms with Crippen molar-refractivity contribution in [2.45, 2.75) is 25.7 Å². The molecule has 1 nitrogen and oxygen atoms in total. The third-order valence-electron chi connectivity index (χ3n) is 2.87. The van der Waals surface area contributed by atoms with Gasteiger partial charge in [0.05, 0.1) is 0 Å². The first-order valence-electron chi connectivity index (χ1n) is 5.17. The smallest absolute Gasteiger partial charge is 0.166 e. The van der Waals surface area contributed by atoms with Gasteiger partial charge in [0.25, 0.3) is 0 Å². The number of rotatable bonds is 2. The molecule has 80 valence electrons. The van der Waals surface area contributed by atoms with E-state index in [-0.39, 0.29) is 17.3 Å². The van der Waals surface area contributed by atoms with Crippen LogP contribution >= 0.6 is 0 Å². The summed E-state index contributed by atoms with van der Waals surface area (Å²) in [6, 6.07) is 3.01. The van der Waals surface area contributed by atoms with Gasteiger partial charge in [-0.25, -0.2) is 8.78 Å². The van der Waals surface area contributed by atoms with Gasteiger partial charge in [-0.15, -0.1) is 0 Å². The quantitative estimate of drug-likeness (QED) is 0.684. The van der Waals surface area contributed by atoms with Crippen molar-refractivity contribution in [2.75, 3.05) is 0 Å². The van der Waals surface area contributed by atoms with Gasteiger partial charge < -0.3 is 0 Å². The molecule has 1 saturated carbocycles. The zero-order chi connectivity index (χ0) is 10.8. The van der Waals surface area contributed by atoms with Gasteiger partial charge in [-0.1, -0.05) is 12.8 Å². The maximum absolute atomic E-state index is 12.9. The molecule has 0 spiro atoms. The second-order valence-electron chi connectivity index (χ2n) is 4.00. The predicted octanol–water partition coefficient (Wildman–Crippen LogP) is 3.34. The van der Waals surface area contributed by atoms with E-state index in [1.807, 2.05) is 0 Å². The fourth-order valence-electron chi connectivity index (χ4n) is 2.12. The summed E-state index contributed by atoms with van der Waals surface area (Å²) >= 11 is 0. The molecule has 0 unspecified atom stereocenters. The number of ketones is 1. The zero-order valence-corrected chi connectivity index (χ0v) is 8.30. The average molecular weight is 210 g/mol. The minimum atomic E-state index is -0.684. The van der Waals surface area contributed by atoms with Crippen molar-refractivity contribution >= 4 is 5.78 Å². The van der Waals surface area contributed by atoms with E-state index in [2.05, 4.69) is 0 Å². The first-order valence-corrected chi connectivity index (χ1v) is 5.17. The maximum Gasteiger partial charge on any atom is 0.166 e. The third-order valence-corrected chi connectivity index (χ3v) is 2.87. The van der Waals surface area contributed by atoms with Crippen LogP contribution in [-0.4, -0.2) is 5.78 Å². The van der Waals surface area contributed by atoms with E-state index in [1.54, 1.807) is 0 Å². The largest absolute Gasteiger partial charge is 0.294 e. The van der Waals surface area contributed by atoms with E-state index in [0.717, 1.165) is 43.9 Å². The van der Waals surface area contributed by atoms with Crippen molar-refractivity contribution in [3.8, 4) is 0 Å². The second kappa shape index (κ2) is 4.09. The summed E-state index contributed by atoms with van der Waals surface area (Å²) in [5.41, 5.74) is 0.166. The lowest BCUT2D eigenvalue weighted by Crippen LogP contribution is -2.11. The topological polar surface area (TPSA) is 17.1 Å². The highest BCUT2D eigenvalue weighted by Crippen LogP contribution is 2.28. The molecule has 3 heteroatoms. The van der Waals surface area contributed by atoms with Crippen molar-refractivity contribution in [3.63, 3.8) is 0 Å². The van der Waals surface area contributed by atoms with Crippen LogP contribution in [-0.2, 0) is 0 Å². The van der Waals surface area contributed by atoms with Crippen LogP contribution < -0.4 is 0 Å². The number of carbonyl (C=O) groups excluding carboxylic acids is 1. The standard InChI is InChI=1S/C12H12F2O/c13-10-5-9(6-11(14)7-10)12(15)8-3-1-2-4-8/h5-8H,1-4H2. The van der Waals surface area contributed by atoms with Crippen LogP contribution in [0.25, 0.3) is 0 Å². The average Bonchev–Trinajstić information content (AvgIpc) is 2.67. The molecule has 0 aromatic heterocycles. The summed E-state index contributed by atoms with van der Waals surface area (Å²) < 4.78 is 25.8. The van der Waals surface area contributed by atoms with E-state index >= 15 is 0 Å². The summed E-state index contributed by atoms with van der Waals surface area (Å²) in [6.45, 7) is 0. The molecule has 0 saturated heterocycles. The Kier molecular flexibility index (Phi) is 2.80. The number of halogens is 2. The minimum absolute atomic E-state index is 0.0359. The lowest BCUT2D eigenvalue weighted by atomic mass is 9.96. The summed E-state index contributed by atoms with van der Waals surface area (Å²) in [6.07, 6.45) is 3.76. The van der Waals surface area contributed by atoms with Crippen LogP contribution in [0.2, 0.25) is 0 Å². The van der Waals surface area contributed by atoms with Crippen LogP contribution in [0.3, 0.4) is 0 Å². The van der Waals surface area contributed by atoms with E-state index in [0.29, 0.717) is 0 Å². The Morgan fingerprint density at radius 2 is 1.60 bits per heavy atom. The first-order chi connectivity index (χ1) is 7.16. The summed E-state index contributed by atoms with van der Waals surface area (Å²) in [7, 11) is 0. The van der Waals surface area contributed by atoms with E-state index < -0.39 is 11.6 Å². The van der Waals surface area contributed by atoms with Crippen molar-refractivity contribution < 1.29 is 13.6 Å². The highest BCUT2D eigenvalue weighted by Gasteiger charge is 2.24. The molecule has 2 rings (SSSR count). The van der Waals surface area contributed by atoms with Crippen LogP contribution in [0.4, 0.5) is 8.78 Å². The van der Waals surface area contributed by atoms with E-state index in [9.17, 15) is 13.6 Å². The Morgan fingerprint density at radius 1 is 1.07 bits per heavy atom. The Morgan fingerprint density at radius 3 is 2.13 bits per heavy atom. The normalized spacial score (nSPS) is 16.9.